The Balaban J connectivity index is 2.18. The van der Waals surface area contributed by atoms with Gasteiger partial charge in [0.25, 0.3) is 0 Å². The lowest BCUT2D eigenvalue weighted by atomic mass is 10.2. The summed E-state index contributed by atoms with van der Waals surface area (Å²) in [5, 5.41) is 8.70. The molecule has 1 aliphatic heterocycles. The van der Waals surface area contributed by atoms with Gasteiger partial charge in [-0.15, -0.1) is 0 Å². The summed E-state index contributed by atoms with van der Waals surface area (Å²) in [6.07, 6.45) is 0.491. The van der Waals surface area contributed by atoms with Gasteiger partial charge in [-0.25, -0.2) is 21.6 Å². The van der Waals surface area contributed by atoms with Crippen molar-refractivity contribution in [2.75, 3.05) is 11.5 Å². The fourth-order valence-electron chi connectivity index (χ4n) is 2.08. The second-order valence-corrected chi connectivity index (χ2v) is 9.20. The molecule has 1 N–H and O–H groups in total. The number of nitriles is 1. The normalized spacial score (nSPS) is 19.0. The van der Waals surface area contributed by atoms with Crippen LogP contribution < -0.4 is 4.72 Å². The quantitative estimate of drug-likeness (QED) is 0.879. The highest BCUT2D eigenvalue weighted by Crippen LogP contribution is 2.24. The lowest BCUT2D eigenvalue weighted by Crippen LogP contribution is -2.40. The topological polar surface area (TPSA) is 104 Å². The van der Waals surface area contributed by atoms with Crippen LogP contribution in [0.2, 0.25) is 5.02 Å². The summed E-state index contributed by atoms with van der Waals surface area (Å²) in [6, 6.07) is 5.36. The van der Waals surface area contributed by atoms with Crippen molar-refractivity contribution in [3.05, 3.63) is 28.8 Å². The van der Waals surface area contributed by atoms with E-state index in [4.69, 9.17) is 16.9 Å². The number of sulfonamides is 1. The summed E-state index contributed by atoms with van der Waals surface area (Å²) in [5.41, 5.74) is 0.266. The van der Waals surface area contributed by atoms with E-state index in [-0.39, 0.29) is 39.8 Å². The van der Waals surface area contributed by atoms with E-state index in [0.717, 1.165) is 0 Å². The van der Waals surface area contributed by atoms with E-state index in [2.05, 4.69) is 4.72 Å². The predicted octanol–water partition coefficient (Wildman–Crippen LogP) is 1.07. The fourth-order valence-corrected chi connectivity index (χ4v) is 5.42. The number of hydrogen-bond donors (Lipinski definition) is 1. The maximum Gasteiger partial charge on any atom is 0.242 e. The molecule has 0 radical (unpaired) electrons. The molecule has 1 heterocycles. The van der Waals surface area contributed by atoms with E-state index in [1.54, 1.807) is 0 Å². The molecule has 0 atom stereocenters. The van der Waals surface area contributed by atoms with Gasteiger partial charge in [-0.3, -0.25) is 0 Å². The van der Waals surface area contributed by atoms with Crippen LogP contribution in [0, 0.1) is 11.3 Å². The molecular formula is C12H13ClN2O4S2. The fraction of sp³-hybridized carbons (Fsp3) is 0.417. The summed E-state index contributed by atoms with van der Waals surface area (Å²) in [4.78, 5) is -0.114. The second kappa shape index (κ2) is 5.93. The largest absolute Gasteiger partial charge is 0.242 e. The second-order valence-electron chi connectivity index (χ2n) is 4.80. The van der Waals surface area contributed by atoms with Gasteiger partial charge in [0.15, 0.2) is 0 Å². The summed E-state index contributed by atoms with van der Waals surface area (Å²) in [6.45, 7) is 0. The molecule has 1 fully saturated rings. The summed E-state index contributed by atoms with van der Waals surface area (Å²) in [7, 11) is -6.89. The van der Waals surface area contributed by atoms with Crippen LogP contribution in [-0.4, -0.2) is 34.4 Å². The van der Waals surface area contributed by atoms with Crippen molar-refractivity contribution < 1.29 is 16.8 Å². The molecule has 2 rings (SSSR count). The van der Waals surface area contributed by atoms with Gasteiger partial charge in [0.1, 0.15) is 14.7 Å². The monoisotopic (exact) mass is 348 g/mol. The maximum atomic E-state index is 12.3. The molecule has 0 aromatic heterocycles. The molecule has 0 saturated carbocycles. The number of nitrogens with zero attached hydrogens (tertiary/aromatic N) is 1. The van der Waals surface area contributed by atoms with Crippen molar-refractivity contribution in [2.24, 2.45) is 0 Å². The summed E-state index contributed by atoms with van der Waals surface area (Å²) >= 11 is 5.89. The van der Waals surface area contributed by atoms with E-state index >= 15 is 0 Å². The molecule has 1 aliphatic rings. The van der Waals surface area contributed by atoms with E-state index in [9.17, 15) is 16.8 Å². The number of sulfone groups is 1. The molecule has 6 nitrogen and oxygen atoms in total. The molecule has 114 valence electrons. The van der Waals surface area contributed by atoms with Crippen molar-refractivity contribution in [1.82, 2.24) is 4.72 Å². The predicted molar refractivity (Wildman–Crippen MR) is 78.2 cm³/mol. The Kier molecular flexibility index (Phi) is 4.58. The van der Waals surface area contributed by atoms with Gasteiger partial charge >= 0.3 is 0 Å². The van der Waals surface area contributed by atoms with E-state index < -0.39 is 25.9 Å². The molecule has 0 bridgehead atoms. The number of halogens is 1. The number of benzene rings is 1. The van der Waals surface area contributed by atoms with Crippen LogP contribution in [0.5, 0.6) is 0 Å². The molecule has 1 saturated heterocycles. The zero-order valence-corrected chi connectivity index (χ0v) is 13.3. The van der Waals surface area contributed by atoms with Crippen molar-refractivity contribution in [3.8, 4) is 6.07 Å². The third-order valence-corrected chi connectivity index (χ3v) is 6.95. The van der Waals surface area contributed by atoms with Gasteiger partial charge in [-0.05, 0) is 31.0 Å². The average molecular weight is 349 g/mol. The lowest BCUT2D eigenvalue weighted by molar-refractivity contribution is 0.505. The number of nitrogens with one attached hydrogen (secondary N) is 1. The molecule has 21 heavy (non-hydrogen) atoms. The summed E-state index contributed by atoms with van der Waals surface area (Å²) in [5.74, 6) is -0.0530. The van der Waals surface area contributed by atoms with Crippen molar-refractivity contribution in [3.63, 3.8) is 0 Å². The Morgan fingerprint density at radius 2 is 1.90 bits per heavy atom. The molecule has 0 amide bonds. The highest BCUT2D eigenvalue weighted by atomic mass is 35.5. The van der Waals surface area contributed by atoms with Crippen LogP contribution in [0.1, 0.15) is 18.4 Å². The third-order valence-electron chi connectivity index (χ3n) is 3.23. The molecule has 1 aromatic rings. The van der Waals surface area contributed by atoms with Crippen molar-refractivity contribution in [2.45, 2.75) is 23.8 Å². The van der Waals surface area contributed by atoms with Gasteiger partial charge in [0, 0.05) is 6.04 Å². The minimum Gasteiger partial charge on any atom is -0.229 e. The highest BCUT2D eigenvalue weighted by Gasteiger charge is 2.28. The van der Waals surface area contributed by atoms with Crippen molar-refractivity contribution in [1.29, 1.82) is 5.26 Å². The van der Waals surface area contributed by atoms with E-state index in [1.165, 1.54) is 18.2 Å². The Morgan fingerprint density at radius 3 is 2.43 bits per heavy atom. The van der Waals surface area contributed by atoms with Gasteiger partial charge in [0.2, 0.25) is 10.0 Å². The Hall–Kier alpha value is -1.14. The number of hydrogen-bond acceptors (Lipinski definition) is 5. The van der Waals surface area contributed by atoms with Gasteiger partial charge in [-0.2, -0.15) is 5.26 Å². The first-order valence-electron chi connectivity index (χ1n) is 6.16. The zero-order chi connectivity index (χ0) is 15.7. The molecule has 0 aliphatic carbocycles. The first-order valence-corrected chi connectivity index (χ1v) is 9.84. The van der Waals surface area contributed by atoms with Crippen LogP contribution in [0.15, 0.2) is 23.1 Å². The van der Waals surface area contributed by atoms with Gasteiger partial charge in [0.05, 0.1) is 28.2 Å². The smallest absolute Gasteiger partial charge is 0.229 e. The lowest BCUT2D eigenvalue weighted by Gasteiger charge is -2.23. The Morgan fingerprint density at radius 1 is 1.29 bits per heavy atom. The van der Waals surface area contributed by atoms with Gasteiger partial charge in [-0.1, -0.05) is 11.6 Å². The zero-order valence-electron chi connectivity index (χ0n) is 10.9. The van der Waals surface area contributed by atoms with Crippen LogP contribution in [0.3, 0.4) is 0 Å². The molecular weight excluding hydrogens is 336 g/mol. The SMILES string of the molecule is N#Cc1ccc(S(=O)(=O)NC2CCS(=O)(=O)CC2)c(Cl)c1. The molecule has 0 spiro atoms. The van der Waals surface area contributed by atoms with Crippen LogP contribution in [-0.2, 0) is 19.9 Å². The van der Waals surface area contributed by atoms with Crippen LogP contribution in [0.25, 0.3) is 0 Å². The van der Waals surface area contributed by atoms with Crippen molar-refractivity contribution >= 4 is 31.5 Å². The average Bonchev–Trinajstić information content (AvgIpc) is 2.40. The van der Waals surface area contributed by atoms with Crippen LogP contribution >= 0.6 is 11.6 Å². The summed E-state index contributed by atoms with van der Waals surface area (Å²) < 4.78 is 49.6. The van der Waals surface area contributed by atoms with Gasteiger partial charge < -0.3 is 0 Å². The highest BCUT2D eigenvalue weighted by molar-refractivity contribution is 7.91. The first kappa shape index (κ1) is 16.2. The molecule has 0 unspecified atom stereocenters. The first-order chi connectivity index (χ1) is 9.73. The van der Waals surface area contributed by atoms with E-state index in [1.807, 2.05) is 6.07 Å². The molecule has 1 aromatic carbocycles. The standard InChI is InChI=1S/C12H13ClN2O4S2/c13-11-7-9(8-14)1-2-12(11)21(18,19)15-10-3-5-20(16,17)6-4-10/h1-2,7,10,15H,3-6H2. The van der Waals surface area contributed by atoms with Crippen LogP contribution in [0.4, 0.5) is 0 Å². The third kappa shape index (κ3) is 3.95. The minimum absolute atomic E-state index is 0.0265. The van der Waals surface area contributed by atoms with E-state index in [0.29, 0.717) is 0 Å². The molecule has 9 heteroatoms. The maximum absolute atomic E-state index is 12.3. The Labute approximate surface area is 128 Å². The minimum atomic E-state index is -3.84. The Bertz CT molecular complexity index is 783. The number of rotatable bonds is 3.